The molecule has 11 heteroatoms. The zero-order valence-corrected chi connectivity index (χ0v) is 13.9. The monoisotopic (exact) mass is 364 g/mol. The Labute approximate surface area is 140 Å². The molecule has 2 aromatic rings. The molecular formula is C14H17F5N6. The van der Waals surface area contributed by atoms with Gasteiger partial charge in [-0.2, -0.15) is 18.0 Å². The lowest BCUT2D eigenvalue weighted by Gasteiger charge is -2.21. The zero-order chi connectivity index (χ0) is 18.6. The van der Waals surface area contributed by atoms with Crippen LogP contribution < -0.4 is 4.90 Å². The molecule has 0 amide bonds. The fourth-order valence-electron chi connectivity index (χ4n) is 2.54. The van der Waals surface area contributed by atoms with Crippen molar-refractivity contribution < 1.29 is 22.0 Å². The zero-order valence-electron chi connectivity index (χ0n) is 13.9. The summed E-state index contributed by atoms with van der Waals surface area (Å²) < 4.78 is 64.9. The van der Waals surface area contributed by atoms with E-state index in [2.05, 4.69) is 20.2 Å². The van der Waals surface area contributed by atoms with Crippen LogP contribution in [0.15, 0.2) is 0 Å². The number of hydrogen-bond acceptors (Lipinski definition) is 5. The molecule has 0 bridgehead atoms. The van der Waals surface area contributed by atoms with Crippen LogP contribution in [0.25, 0.3) is 11.2 Å². The fraction of sp³-hybridized carbons (Fsp3) is 0.714. The third-order valence-electron chi connectivity index (χ3n) is 3.73. The first-order valence-corrected chi connectivity index (χ1v) is 7.67. The van der Waals surface area contributed by atoms with E-state index in [-0.39, 0.29) is 29.9 Å². The molecule has 0 spiro atoms. The van der Waals surface area contributed by atoms with Gasteiger partial charge in [-0.1, -0.05) is 20.8 Å². The van der Waals surface area contributed by atoms with Gasteiger partial charge in [-0.05, 0) is 0 Å². The first-order valence-electron chi connectivity index (χ1n) is 7.67. The predicted molar refractivity (Wildman–Crippen MR) is 79.7 cm³/mol. The molecule has 0 aliphatic carbocycles. The molecule has 1 aliphatic heterocycles. The standard InChI is InChI=1S/C14H17F5N6/c1-12(2,3)11-20-9-8(22-25(23-9)7-14(17,18)19)10(21-11)24-5-4-13(15,16)6-24/h4-7H2,1-3H3. The highest BCUT2D eigenvalue weighted by atomic mass is 19.4. The Morgan fingerprint density at radius 1 is 1.08 bits per heavy atom. The van der Waals surface area contributed by atoms with Gasteiger partial charge in [-0.25, -0.2) is 18.7 Å². The number of nitrogens with zero attached hydrogens (tertiary/aromatic N) is 6. The number of aromatic nitrogens is 5. The lowest BCUT2D eigenvalue weighted by atomic mass is 9.96. The van der Waals surface area contributed by atoms with Gasteiger partial charge in [-0.15, -0.1) is 10.2 Å². The van der Waals surface area contributed by atoms with Crippen molar-refractivity contribution in [2.45, 2.75) is 51.3 Å². The minimum Gasteiger partial charge on any atom is -0.348 e. The van der Waals surface area contributed by atoms with Crippen molar-refractivity contribution in [1.82, 2.24) is 25.0 Å². The minimum atomic E-state index is -4.50. The lowest BCUT2D eigenvalue weighted by molar-refractivity contribution is -0.144. The Balaban J connectivity index is 2.12. The van der Waals surface area contributed by atoms with Crippen LogP contribution in [0.1, 0.15) is 33.0 Å². The highest BCUT2D eigenvalue weighted by molar-refractivity contribution is 5.82. The first kappa shape index (κ1) is 17.7. The summed E-state index contributed by atoms with van der Waals surface area (Å²) in [6, 6.07) is 0. The van der Waals surface area contributed by atoms with Crippen LogP contribution in [0.4, 0.5) is 27.8 Å². The summed E-state index contributed by atoms with van der Waals surface area (Å²) in [6.45, 7) is 3.54. The SMILES string of the molecule is CC(C)(C)c1nc(N2CCC(F)(F)C2)c2nn(CC(F)(F)F)nc2n1. The molecule has 0 atom stereocenters. The molecule has 0 saturated carbocycles. The third-order valence-corrected chi connectivity index (χ3v) is 3.73. The van der Waals surface area contributed by atoms with Crippen LogP contribution in [0.5, 0.6) is 0 Å². The second-order valence-corrected chi connectivity index (χ2v) is 7.17. The molecule has 0 aromatic carbocycles. The summed E-state index contributed by atoms with van der Waals surface area (Å²) in [4.78, 5) is 10.3. The normalized spacial score (nSPS) is 18.3. The Morgan fingerprint density at radius 2 is 1.76 bits per heavy atom. The van der Waals surface area contributed by atoms with Gasteiger partial charge in [0.25, 0.3) is 5.92 Å². The fourth-order valence-corrected chi connectivity index (χ4v) is 2.54. The van der Waals surface area contributed by atoms with E-state index in [9.17, 15) is 22.0 Å². The van der Waals surface area contributed by atoms with Crippen molar-refractivity contribution in [3.63, 3.8) is 0 Å². The van der Waals surface area contributed by atoms with E-state index >= 15 is 0 Å². The van der Waals surface area contributed by atoms with Crippen LogP contribution in [-0.2, 0) is 12.0 Å². The molecular weight excluding hydrogens is 347 g/mol. The second kappa shape index (κ2) is 5.46. The average molecular weight is 364 g/mol. The molecule has 1 aliphatic rings. The van der Waals surface area contributed by atoms with Gasteiger partial charge < -0.3 is 4.90 Å². The van der Waals surface area contributed by atoms with Gasteiger partial charge in [-0.3, -0.25) is 0 Å². The number of alkyl halides is 5. The van der Waals surface area contributed by atoms with Crippen molar-refractivity contribution in [2.75, 3.05) is 18.0 Å². The summed E-state index contributed by atoms with van der Waals surface area (Å²) in [5.41, 5.74) is -0.566. The molecule has 0 N–H and O–H groups in total. The molecule has 3 heterocycles. The van der Waals surface area contributed by atoms with E-state index in [1.807, 2.05) is 20.8 Å². The lowest BCUT2D eigenvalue weighted by Crippen LogP contribution is -2.27. The summed E-state index contributed by atoms with van der Waals surface area (Å²) in [6.07, 6.45) is -4.85. The van der Waals surface area contributed by atoms with Crippen LogP contribution in [0.3, 0.4) is 0 Å². The molecule has 1 saturated heterocycles. The molecule has 3 rings (SSSR count). The Kier molecular flexibility index (Phi) is 3.88. The van der Waals surface area contributed by atoms with E-state index in [0.717, 1.165) is 0 Å². The maximum Gasteiger partial charge on any atom is 0.409 e. The molecule has 0 unspecified atom stereocenters. The van der Waals surface area contributed by atoms with E-state index in [1.54, 1.807) is 0 Å². The summed E-state index contributed by atoms with van der Waals surface area (Å²) in [7, 11) is 0. The van der Waals surface area contributed by atoms with Crippen molar-refractivity contribution >= 4 is 17.0 Å². The van der Waals surface area contributed by atoms with Crippen LogP contribution in [0.2, 0.25) is 0 Å². The van der Waals surface area contributed by atoms with Gasteiger partial charge in [0.1, 0.15) is 5.82 Å². The number of anilines is 1. The number of rotatable bonds is 2. The van der Waals surface area contributed by atoms with Crippen molar-refractivity contribution in [1.29, 1.82) is 0 Å². The summed E-state index contributed by atoms with van der Waals surface area (Å²) in [5.74, 6) is -2.47. The first-order chi connectivity index (χ1) is 11.3. The van der Waals surface area contributed by atoms with Gasteiger partial charge in [0.2, 0.25) is 5.65 Å². The van der Waals surface area contributed by atoms with Crippen LogP contribution >= 0.6 is 0 Å². The second-order valence-electron chi connectivity index (χ2n) is 7.17. The van der Waals surface area contributed by atoms with Crippen LogP contribution in [-0.4, -0.2) is 50.2 Å². The van der Waals surface area contributed by atoms with E-state index in [4.69, 9.17) is 0 Å². The maximum absolute atomic E-state index is 13.6. The summed E-state index contributed by atoms with van der Waals surface area (Å²) >= 11 is 0. The van der Waals surface area contributed by atoms with E-state index in [0.29, 0.717) is 10.6 Å². The highest BCUT2D eigenvalue weighted by Crippen LogP contribution is 2.34. The molecule has 0 radical (unpaired) electrons. The molecule has 138 valence electrons. The number of halogens is 5. The number of fused-ring (bicyclic) bond motifs is 1. The Morgan fingerprint density at radius 3 is 2.28 bits per heavy atom. The Bertz CT molecular complexity index is 791. The third kappa shape index (κ3) is 3.79. The van der Waals surface area contributed by atoms with Gasteiger partial charge >= 0.3 is 6.18 Å². The van der Waals surface area contributed by atoms with Gasteiger partial charge in [0.15, 0.2) is 17.9 Å². The molecule has 6 nitrogen and oxygen atoms in total. The smallest absolute Gasteiger partial charge is 0.348 e. The van der Waals surface area contributed by atoms with E-state index in [1.165, 1.54) is 4.90 Å². The summed E-state index contributed by atoms with van der Waals surface area (Å²) in [5, 5.41) is 7.55. The Hall–Kier alpha value is -2.07. The molecule has 25 heavy (non-hydrogen) atoms. The van der Waals surface area contributed by atoms with Gasteiger partial charge in [0.05, 0.1) is 6.54 Å². The van der Waals surface area contributed by atoms with E-state index < -0.39 is 30.6 Å². The quantitative estimate of drug-likeness (QED) is 0.767. The predicted octanol–water partition coefficient (Wildman–Crippen LogP) is 2.93. The van der Waals surface area contributed by atoms with Crippen molar-refractivity contribution in [2.24, 2.45) is 0 Å². The number of hydrogen-bond donors (Lipinski definition) is 0. The molecule has 2 aromatic heterocycles. The average Bonchev–Trinajstić information content (AvgIpc) is 2.96. The topological polar surface area (TPSA) is 59.7 Å². The van der Waals surface area contributed by atoms with Crippen molar-refractivity contribution in [3.05, 3.63) is 5.82 Å². The molecule has 1 fully saturated rings. The van der Waals surface area contributed by atoms with Crippen molar-refractivity contribution in [3.8, 4) is 0 Å². The van der Waals surface area contributed by atoms with Gasteiger partial charge in [0, 0.05) is 18.4 Å². The largest absolute Gasteiger partial charge is 0.409 e. The van der Waals surface area contributed by atoms with Crippen LogP contribution in [0, 0.1) is 0 Å². The highest BCUT2D eigenvalue weighted by Gasteiger charge is 2.40. The maximum atomic E-state index is 13.6. The minimum absolute atomic E-state index is 0.00468.